The van der Waals surface area contributed by atoms with Crippen molar-refractivity contribution in [2.45, 2.75) is 0 Å². The molecule has 0 aromatic heterocycles. The van der Waals surface area contributed by atoms with E-state index in [1.807, 2.05) is 30.3 Å². The third kappa shape index (κ3) is 2.56. The minimum atomic E-state index is 0.644. The minimum absolute atomic E-state index is 0.644. The van der Waals surface area contributed by atoms with Crippen LogP contribution in [0.2, 0.25) is 5.02 Å². The zero-order chi connectivity index (χ0) is 11.4. The number of benzene rings is 2. The first-order chi connectivity index (χ1) is 7.78. The van der Waals surface area contributed by atoms with Crippen molar-refractivity contribution >= 4 is 11.6 Å². The Labute approximate surface area is 99.6 Å². The summed E-state index contributed by atoms with van der Waals surface area (Å²) in [5.74, 6) is 3.96. The number of ether oxygens (including phenoxy) is 1. The van der Waals surface area contributed by atoms with Gasteiger partial charge in [0.15, 0.2) is 0 Å². The van der Waals surface area contributed by atoms with Crippen molar-refractivity contribution in [2.24, 2.45) is 0 Å². The molecule has 0 fully saturated rings. The van der Waals surface area contributed by atoms with Crippen LogP contribution in [0.15, 0.2) is 48.5 Å². The van der Waals surface area contributed by atoms with Gasteiger partial charge in [-0.05, 0) is 36.4 Å². The van der Waals surface area contributed by atoms with E-state index in [2.05, 4.69) is 5.92 Å². The largest absolute Gasteiger partial charge is 0.457 e. The molecular weight excluding hydrogens is 220 g/mol. The molecule has 0 heterocycles. The van der Waals surface area contributed by atoms with Gasteiger partial charge in [-0.2, -0.15) is 0 Å². The maximum Gasteiger partial charge on any atom is 0.128 e. The van der Waals surface area contributed by atoms with E-state index in [9.17, 15) is 0 Å². The molecule has 0 N–H and O–H groups in total. The molecule has 16 heavy (non-hydrogen) atoms. The van der Waals surface area contributed by atoms with Crippen LogP contribution in [0, 0.1) is 12.3 Å². The van der Waals surface area contributed by atoms with Gasteiger partial charge in [0, 0.05) is 10.6 Å². The summed E-state index contributed by atoms with van der Waals surface area (Å²) < 4.78 is 5.62. The molecule has 0 atom stereocenters. The van der Waals surface area contributed by atoms with Gasteiger partial charge < -0.3 is 4.74 Å². The fraction of sp³-hybridized carbons (Fsp3) is 0. The van der Waals surface area contributed by atoms with Crippen molar-refractivity contribution in [3.8, 4) is 23.8 Å². The molecule has 0 aliphatic rings. The Morgan fingerprint density at radius 2 is 1.69 bits per heavy atom. The first kappa shape index (κ1) is 10.6. The Kier molecular flexibility index (Phi) is 3.14. The molecule has 0 spiro atoms. The Morgan fingerprint density at radius 3 is 2.38 bits per heavy atom. The molecule has 2 rings (SSSR count). The second-order valence-corrected chi connectivity index (χ2v) is 3.67. The molecule has 0 aliphatic heterocycles. The summed E-state index contributed by atoms with van der Waals surface area (Å²) in [4.78, 5) is 0. The van der Waals surface area contributed by atoms with Gasteiger partial charge in [-0.1, -0.05) is 29.7 Å². The van der Waals surface area contributed by atoms with E-state index in [0.717, 1.165) is 5.56 Å². The van der Waals surface area contributed by atoms with Crippen molar-refractivity contribution in [2.75, 3.05) is 0 Å². The SMILES string of the molecule is C#Cc1cccc(Oc2cccc(Cl)c2)c1. The standard InChI is InChI=1S/C14H9ClO/c1-2-11-5-3-7-13(9-11)16-14-8-4-6-12(15)10-14/h1,3-10H. The van der Waals surface area contributed by atoms with Gasteiger partial charge in [0.25, 0.3) is 0 Å². The van der Waals surface area contributed by atoms with Gasteiger partial charge >= 0.3 is 0 Å². The van der Waals surface area contributed by atoms with E-state index in [0.29, 0.717) is 16.5 Å². The molecule has 78 valence electrons. The summed E-state index contributed by atoms with van der Waals surface area (Å²) in [6.45, 7) is 0. The van der Waals surface area contributed by atoms with E-state index >= 15 is 0 Å². The third-order valence-electron chi connectivity index (χ3n) is 2.03. The molecule has 0 radical (unpaired) electrons. The fourth-order valence-electron chi connectivity index (χ4n) is 1.32. The van der Waals surface area contributed by atoms with Crippen LogP contribution in [0.3, 0.4) is 0 Å². The smallest absolute Gasteiger partial charge is 0.128 e. The average Bonchev–Trinajstić information content (AvgIpc) is 2.29. The molecule has 0 saturated heterocycles. The summed E-state index contributed by atoms with van der Waals surface area (Å²) in [6, 6.07) is 14.6. The highest BCUT2D eigenvalue weighted by atomic mass is 35.5. The van der Waals surface area contributed by atoms with Crippen molar-refractivity contribution in [1.29, 1.82) is 0 Å². The van der Waals surface area contributed by atoms with Gasteiger partial charge in [0.05, 0.1) is 0 Å². The van der Waals surface area contributed by atoms with Crippen molar-refractivity contribution in [1.82, 2.24) is 0 Å². The van der Waals surface area contributed by atoms with Gasteiger partial charge in [-0.15, -0.1) is 6.42 Å². The van der Waals surface area contributed by atoms with Crippen LogP contribution in [0.1, 0.15) is 5.56 Å². The van der Waals surface area contributed by atoms with Crippen LogP contribution in [0.5, 0.6) is 11.5 Å². The van der Waals surface area contributed by atoms with Gasteiger partial charge in [-0.3, -0.25) is 0 Å². The summed E-state index contributed by atoms with van der Waals surface area (Å²) in [5.41, 5.74) is 0.791. The lowest BCUT2D eigenvalue weighted by molar-refractivity contribution is 0.482. The van der Waals surface area contributed by atoms with Crippen LogP contribution in [0.4, 0.5) is 0 Å². The zero-order valence-corrected chi connectivity index (χ0v) is 9.24. The lowest BCUT2D eigenvalue weighted by atomic mass is 10.2. The molecule has 0 bridgehead atoms. The molecule has 0 saturated carbocycles. The molecular formula is C14H9ClO. The quantitative estimate of drug-likeness (QED) is 0.703. The lowest BCUT2D eigenvalue weighted by Gasteiger charge is -2.05. The third-order valence-corrected chi connectivity index (χ3v) is 2.27. The van der Waals surface area contributed by atoms with E-state index in [-0.39, 0.29) is 0 Å². The zero-order valence-electron chi connectivity index (χ0n) is 8.48. The van der Waals surface area contributed by atoms with Crippen LogP contribution in [-0.2, 0) is 0 Å². The number of rotatable bonds is 2. The Balaban J connectivity index is 2.24. The highest BCUT2D eigenvalue weighted by Gasteiger charge is 1.98. The van der Waals surface area contributed by atoms with E-state index < -0.39 is 0 Å². The van der Waals surface area contributed by atoms with Crippen LogP contribution in [0.25, 0.3) is 0 Å². The summed E-state index contributed by atoms with van der Waals surface area (Å²) >= 11 is 5.86. The maximum atomic E-state index is 5.86. The predicted molar refractivity (Wildman–Crippen MR) is 65.9 cm³/mol. The number of terminal acetylenes is 1. The molecule has 0 amide bonds. The first-order valence-corrected chi connectivity index (χ1v) is 5.16. The molecule has 2 aromatic carbocycles. The van der Waals surface area contributed by atoms with Gasteiger partial charge in [0.2, 0.25) is 0 Å². The summed E-state index contributed by atoms with van der Waals surface area (Å²) in [7, 11) is 0. The van der Waals surface area contributed by atoms with Crippen molar-refractivity contribution in [3.63, 3.8) is 0 Å². The van der Waals surface area contributed by atoms with Crippen LogP contribution < -0.4 is 4.74 Å². The average molecular weight is 229 g/mol. The number of hydrogen-bond donors (Lipinski definition) is 0. The fourth-order valence-corrected chi connectivity index (χ4v) is 1.50. The molecule has 1 nitrogen and oxygen atoms in total. The number of halogens is 1. The maximum absolute atomic E-state index is 5.86. The Bertz CT molecular complexity index is 540. The molecule has 2 aromatic rings. The summed E-state index contributed by atoms with van der Waals surface area (Å²) in [6.07, 6.45) is 5.31. The second-order valence-electron chi connectivity index (χ2n) is 3.23. The summed E-state index contributed by atoms with van der Waals surface area (Å²) in [5, 5.41) is 0.644. The first-order valence-electron chi connectivity index (χ1n) is 4.78. The predicted octanol–water partition coefficient (Wildman–Crippen LogP) is 4.11. The lowest BCUT2D eigenvalue weighted by Crippen LogP contribution is -1.84. The van der Waals surface area contributed by atoms with Crippen LogP contribution >= 0.6 is 11.6 Å². The highest BCUT2D eigenvalue weighted by Crippen LogP contribution is 2.24. The van der Waals surface area contributed by atoms with Gasteiger partial charge in [-0.25, -0.2) is 0 Å². The number of hydrogen-bond acceptors (Lipinski definition) is 1. The highest BCUT2D eigenvalue weighted by molar-refractivity contribution is 6.30. The monoisotopic (exact) mass is 228 g/mol. The van der Waals surface area contributed by atoms with E-state index in [1.165, 1.54) is 0 Å². The second kappa shape index (κ2) is 4.74. The molecule has 0 unspecified atom stereocenters. The van der Waals surface area contributed by atoms with E-state index in [1.54, 1.807) is 18.2 Å². The minimum Gasteiger partial charge on any atom is -0.457 e. The van der Waals surface area contributed by atoms with Crippen molar-refractivity contribution in [3.05, 3.63) is 59.1 Å². The van der Waals surface area contributed by atoms with E-state index in [4.69, 9.17) is 22.8 Å². The Morgan fingerprint density at radius 1 is 1.00 bits per heavy atom. The topological polar surface area (TPSA) is 9.23 Å². The molecule has 0 aliphatic carbocycles. The van der Waals surface area contributed by atoms with Gasteiger partial charge in [0.1, 0.15) is 11.5 Å². The van der Waals surface area contributed by atoms with Crippen LogP contribution in [-0.4, -0.2) is 0 Å². The molecule has 2 heteroatoms. The Hall–Kier alpha value is -1.91. The normalized spacial score (nSPS) is 9.50. The van der Waals surface area contributed by atoms with Crippen molar-refractivity contribution < 1.29 is 4.74 Å².